The van der Waals surface area contributed by atoms with Crippen LogP contribution >= 0.6 is 9.39 Å². The highest BCUT2D eigenvalue weighted by Gasteiger charge is 1.99. The number of hydrogen-bond acceptors (Lipinski definition) is 2. The van der Waals surface area contributed by atoms with Crippen molar-refractivity contribution in [3.63, 3.8) is 0 Å². The fraction of sp³-hybridized carbons (Fsp3) is 0.250. The molecule has 4 heteroatoms. The second kappa shape index (κ2) is 4.17. The van der Waals surface area contributed by atoms with Crippen molar-refractivity contribution in [1.29, 1.82) is 0 Å². The quantitative estimate of drug-likeness (QED) is 0.688. The third-order valence-electron chi connectivity index (χ3n) is 1.50. The van der Waals surface area contributed by atoms with Crippen molar-refractivity contribution >= 4 is 15.3 Å². The van der Waals surface area contributed by atoms with Gasteiger partial charge in [-0.05, 0) is 27.9 Å². The lowest BCUT2D eigenvalue weighted by Crippen LogP contribution is -2.14. The predicted octanol–water partition coefficient (Wildman–Crippen LogP) is 0.839. The van der Waals surface area contributed by atoms with Crippen LogP contribution in [0.4, 0.5) is 0 Å². The van der Waals surface area contributed by atoms with Crippen LogP contribution in [0.2, 0.25) is 0 Å². The Bertz CT molecular complexity index is 271. The lowest BCUT2D eigenvalue weighted by atomic mass is 10.2. The molecule has 0 saturated carbocycles. The molecule has 0 aliphatic heterocycles. The minimum absolute atomic E-state index is 0.0225. The molecular weight excluding hydrogens is 171 g/mol. The molecule has 1 atom stereocenters. The summed E-state index contributed by atoms with van der Waals surface area (Å²) in [5.74, 6) is -0.0225. The molecule has 3 nitrogen and oxygen atoms in total. The van der Waals surface area contributed by atoms with Crippen LogP contribution in [0.5, 0.6) is 0 Å². The van der Waals surface area contributed by atoms with Crippen LogP contribution < -0.4 is 5.09 Å². The minimum Gasteiger partial charge on any atom is -0.340 e. The zero-order valence-electron chi connectivity index (χ0n) is 6.87. The molecule has 1 aromatic rings. The molecule has 1 heterocycles. The monoisotopic (exact) mass is 182 g/mol. The molecular formula is C8H11N2OP. The van der Waals surface area contributed by atoms with E-state index in [1.54, 1.807) is 6.20 Å². The Morgan fingerprint density at radius 1 is 1.67 bits per heavy atom. The Labute approximate surface area is 73.8 Å². The summed E-state index contributed by atoms with van der Waals surface area (Å²) in [5, 5.41) is 2.48. The second-order valence-electron chi connectivity index (χ2n) is 2.55. The van der Waals surface area contributed by atoms with E-state index in [4.69, 9.17) is 0 Å². The first kappa shape index (κ1) is 9.14. The maximum atomic E-state index is 10.9. The van der Waals surface area contributed by atoms with Crippen molar-refractivity contribution in [1.82, 2.24) is 10.1 Å². The number of pyridine rings is 1. The van der Waals surface area contributed by atoms with E-state index < -0.39 is 0 Å². The predicted molar refractivity (Wildman–Crippen MR) is 50.5 cm³/mol. The van der Waals surface area contributed by atoms with Crippen LogP contribution in [0.15, 0.2) is 18.3 Å². The van der Waals surface area contributed by atoms with Gasteiger partial charge in [0.15, 0.2) is 0 Å². The smallest absolute Gasteiger partial charge is 0.227 e. The number of nitrogens with one attached hydrogen (secondary N) is 1. The standard InChI is InChI=1S/C8H11N2OP/c1-6-2-3-7(5-9-6)4-8(11)10-12/h2-3,5H,4,12H2,1H3,(H,10,11). The van der Waals surface area contributed by atoms with Crippen LogP contribution in [0, 0.1) is 6.92 Å². The summed E-state index contributed by atoms with van der Waals surface area (Å²) in [4.78, 5) is 15.0. The first-order valence-corrected chi connectivity index (χ1v) is 4.21. The average Bonchev–Trinajstić information content (AvgIpc) is 2.09. The maximum Gasteiger partial charge on any atom is 0.227 e. The van der Waals surface area contributed by atoms with Gasteiger partial charge in [-0.1, -0.05) is 6.07 Å². The summed E-state index contributed by atoms with van der Waals surface area (Å²) in [7, 11) is 2.18. The van der Waals surface area contributed by atoms with E-state index in [1.807, 2.05) is 19.1 Å². The maximum absolute atomic E-state index is 10.9. The van der Waals surface area contributed by atoms with Gasteiger partial charge in [-0.3, -0.25) is 9.78 Å². The molecule has 1 N–H and O–H groups in total. The first-order valence-electron chi connectivity index (χ1n) is 3.63. The van der Waals surface area contributed by atoms with E-state index in [0.29, 0.717) is 6.42 Å². The fourth-order valence-corrected chi connectivity index (χ4v) is 0.941. The van der Waals surface area contributed by atoms with Crippen molar-refractivity contribution in [2.24, 2.45) is 0 Å². The molecule has 1 amide bonds. The number of amides is 1. The van der Waals surface area contributed by atoms with Gasteiger partial charge in [0, 0.05) is 11.9 Å². The molecule has 64 valence electrons. The zero-order valence-corrected chi connectivity index (χ0v) is 8.03. The van der Waals surface area contributed by atoms with Gasteiger partial charge < -0.3 is 5.09 Å². The highest BCUT2D eigenvalue weighted by molar-refractivity contribution is 7.15. The van der Waals surface area contributed by atoms with Crippen molar-refractivity contribution in [2.75, 3.05) is 0 Å². The molecule has 1 rings (SSSR count). The normalized spacial score (nSPS) is 9.50. The lowest BCUT2D eigenvalue weighted by molar-refractivity contribution is -0.118. The van der Waals surface area contributed by atoms with Crippen LogP contribution in [-0.2, 0) is 11.2 Å². The van der Waals surface area contributed by atoms with Crippen molar-refractivity contribution < 1.29 is 4.79 Å². The van der Waals surface area contributed by atoms with Crippen molar-refractivity contribution in [2.45, 2.75) is 13.3 Å². The van der Waals surface area contributed by atoms with Crippen LogP contribution in [0.25, 0.3) is 0 Å². The average molecular weight is 182 g/mol. The fourth-order valence-electron chi connectivity index (χ4n) is 0.839. The SMILES string of the molecule is Cc1ccc(CC(=O)NP)cn1. The molecule has 12 heavy (non-hydrogen) atoms. The van der Waals surface area contributed by atoms with E-state index in [-0.39, 0.29) is 5.91 Å². The molecule has 0 fully saturated rings. The number of carbonyl (C=O) groups excluding carboxylic acids is 1. The van der Waals surface area contributed by atoms with Gasteiger partial charge in [-0.15, -0.1) is 0 Å². The Morgan fingerprint density at radius 2 is 2.42 bits per heavy atom. The second-order valence-corrected chi connectivity index (χ2v) is 2.84. The topological polar surface area (TPSA) is 42.0 Å². The van der Waals surface area contributed by atoms with E-state index in [2.05, 4.69) is 19.5 Å². The van der Waals surface area contributed by atoms with E-state index in [9.17, 15) is 4.79 Å². The minimum atomic E-state index is -0.0225. The lowest BCUT2D eigenvalue weighted by Gasteiger charge is -1.99. The van der Waals surface area contributed by atoms with E-state index in [0.717, 1.165) is 11.3 Å². The van der Waals surface area contributed by atoms with Gasteiger partial charge in [0.05, 0.1) is 6.42 Å². The van der Waals surface area contributed by atoms with Crippen LogP contribution in [-0.4, -0.2) is 10.9 Å². The molecule has 0 radical (unpaired) electrons. The van der Waals surface area contributed by atoms with Crippen LogP contribution in [0.1, 0.15) is 11.3 Å². The Morgan fingerprint density at radius 3 is 2.92 bits per heavy atom. The summed E-state index contributed by atoms with van der Waals surface area (Å²) < 4.78 is 0. The Balaban J connectivity index is 2.64. The number of hydrogen-bond donors (Lipinski definition) is 1. The third-order valence-corrected chi connectivity index (χ3v) is 1.82. The molecule has 0 saturated heterocycles. The van der Waals surface area contributed by atoms with E-state index in [1.165, 1.54) is 0 Å². The van der Waals surface area contributed by atoms with Gasteiger partial charge in [-0.2, -0.15) is 0 Å². The summed E-state index contributed by atoms with van der Waals surface area (Å²) in [6.07, 6.45) is 2.10. The Kier molecular flexibility index (Phi) is 3.18. The number of carbonyl (C=O) groups is 1. The molecule has 0 aliphatic carbocycles. The van der Waals surface area contributed by atoms with Gasteiger partial charge in [-0.25, -0.2) is 0 Å². The molecule has 1 unspecified atom stereocenters. The first-order chi connectivity index (χ1) is 5.72. The summed E-state index contributed by atoms with van der Waals surface area (Å²) in [6.45, 7) is 1.92. The van der Waals surface area contributed by atoms with E-state index >= 15 is 0 Å². The van der Waals surface area contributed by atoms with Gasteiger partial charge in [0.25, 0.3) is 0 Å². The zero-order chi connectivity index (χ0) is 8.97. The van der Waals surface area contributed by atoms with Gasteiger partial charge in [0.1, 0.15) is 0 Å². The highest BCUT2D eigenvalue weighted by Crippen LogP contribution is 2.00. The Hall–Kier alpha value is -0.950. The van der Waals surface area contributed by atoms with Gasteiger partial charge in [0.2, 0.25) is 5.91 Å². The highest BCUT2D eigenvalue weighted by atomic mass is 31.0. The molecule has 1 aromatic heterocycles. The van der Waals surface area contributed by atoms with Crippen LogP contribution in [0.3, 0.4) is 0 Å². The largest absolute Gasteiger partial charge is 0.340 e. The molecule has 0 spiro atoms. The third kappa shape index (κ3) is 2.59. The summed E-state index contributed by atoms with van der Waals surface area (Å²) in [6, 6.07) is 3.80. The number of rotatable bonds is 2. The summed E-state index contributed by atoms with van der Waals surface area (Å²) >= 11 is 0. The number of nitrogens with zero attached hydrogens (tertiary/aromatic N) is 1. The number of aromatic nitrogens is 1. The molecule has 0 bridgehead atoms. The molecule has 0 aliphatic rings. The van der Waals surface area contributed by atoms with Crippen molar-refractivity contribution in [3.05, 3.63) is 29.6 Å². The summed E-state index contributed by atoms with van der Waals surface area (Å²) in [5.41, 5.74) is 1.89. The molecule has 0 aromatic carbocycles. The van der Waals surface area contributed by atoms with Gasteiger partial charge >= 0.3 is 0 Å². The number of aryl methyl sites for hydroxylation is 1. The van der Waals surface area contributed by atoms with Crippen molar-refractivity contribution in [3.8, 4) is 0 Å².